The van der Waals surface area contributed by atoms with Crippen molar-refractivity contribution in [2.45, 2.75) is 13.8 Å². The zero-order valence-corrected chi connectivity index (χ0v) is 8.03. The fourth-order valence-electron chi connectivity index (χ4n) is 0.295. The zero-order valence-electron chi connectivity index (χ0n) is 7.22. The van der Waals surface area contributed by atoms with Crippen molar-refractivity contribution in [1.29, 1.82) is 0 Å². The van der Waals surface area contributed by atoms with Crippen molar-refractivity contribution in [2.24, 2.45) is 0 Å². The van der Waals surface area contributed by atoms with Gasteiger partial charge in [-0.1, -0.05) is 13.8 Å². The SMILES string of the molecule is CC.CNCCS(C)(O)O. The molecule has 0 aliphatic rings. The van der Waals surface area contributed by atoms with E-state index < -0.39 is 10.6 Å². The molecule has 0 radical (unpaired) electrons. The highest BCUT2D eigenvalue weighted by Crippen LogP contribution is 2.31. The Bertz CT molecular complexity index is 63.3. The lowest BCUT2D eigenvalue weighted by molar-refractivity contribution is 0.493. The second-order valence-corrected chi connectivity index (χ2v) is 4.20. The fraction of sp³-hybridized carbons (Fsp3) is 1.00. The first-order valence-corrected chi connectivity index (χ1v) is 5.54. The van der Waals surface area contributed by atoms with Crippen LogP contribution in [0.5, 0.6) is 0 Å². The molecule has 0 saturated carbocycles. The number of hydrogen-bond donors (Lipinski definition) is 3. The van der Waals surface area contributed by atoms with Crippen LogP contribution in [0.2, 0.25) is 0 Å². The highest BCUT2D eigenvalue weighted by atomic mass is 32.3. The van der Waals surface area contributed by atoms with E-state index in [9.17, 15) is 0 Å². The van der Waals surface area contributed by atoms with Gasteiger partial charge in [0.25, 0.3) is 0 Å². The summed E-state index contributed by atoms with van der Waals surface area (Å²) in [5.41, 5.74) is 0. The Kier molecular flexibility index (Phi) is 9.44. The van der Waals surface area contributed by atoms with Crippen LogP contribution in [0.3, 0.4) is 0 Å². The van der Waals surface area contributed by atoms with Gasteiger partial charge in [0.15, 0.2) is 0 Å². The van der Waals surface area contributed by atoms with Crippen LogP contribution < -0.4 is 5.32 Å². The molecule has 0 aliphatic heterocycles. The van der Waals surface area contributed by atoms with E-state index in [-0.39, 0.29) is 0 Å². The molecule has 0 amide bonds. The van der Waals surface area contributed by atoms with Crippen LogP contribution >= 0.6 is 10.6 Å². The van der Waals surface area contributed by atoms with Crippen LogP contribution in [0, 0.1) is 0 Å². The van der Waals surface area contributed by atoms with E-state index in [2.05, 4.69) is 5.32 Å². The highest BCUT2D eigenvalue weighted by Gasteiger charge is 1.99. The molecule has 3 nitrogen and oxygen atoms in total. The minimum Gasteiger partial charge on any atom is -0.318 e. The van der Waals surface area contributed by atoms with Crippen molar-refractivity contribution in [1.82, 2.24) is 5.32 Å². The summed E-state index contributed by atoms with van der Waals surface area (Å²) in [4.78, 5) is 0. The van der Waals surface area contributed by atoms with Crippen LogP contribution in [0.15, 0.2) is 0 Å². The third-order valence-corrected chi connectivity index (χ3v) is 1.72. The van der Waals surface area contributed by atoms with Gasteiger partial charge in [0, 0.05) is 18.6 Å². The van der Waals surface area contributed by atoms with E-state index >= 15 is 0 Å². The Balaban J connectivity index is 0. The Labute approximate surface area is 65.2 Å². The fourth-order valence-corrected chi connectivity index (χ4v) is 0.886. The molecule has 0 aromatic heterocycles. The van der Waals surface area contributed by atoms with Gasteiger partial charge in [-0.2, -0.15) is 10.6 Å². The third-order valence-electron chi connectivity index (χ3n) is 0.739. The lowest BCUT2D eigenvalue weighted by Crippen LogP contribution is -2.15. The monoisotopic (exact) mass is 169 g/mol. The van der Waals surface area contributed by atoms with Crippen molar-refractivity contribution in [3.8, 4) is 0 Å². The van der Waals surface area contributed by atoms with Gasteiger partial charge >= 0.3 is 0 Å². The predicted octanol–water partition coefficient (Wildman–Crippen LogP) is 1.61. The Morgan fingerprint density at radius 2 is 1.70 bits per heavy atom. The van der Waals surface area contributed by atoms with E-state index in [0.29, 0.717) is 12.3 Å². The molecule has 10 heavy (non-hydrogen) atoms. The summed E-state index contributed by atoms with van der Waals surface area (Å²) in [6.45, 7) is 4.67. The van der Waals surface area contributed by atoms with Gasteiger partial charge in [0.1, 0.15) is 0 Å². The maximum atomic E-state index is 8.75. The zero-order chi connectivity index (χ0) is 8.62. The standard InChI is InChI=1S/C4H13NO2S.C2H6/c1-5-3-4-8(2,6)7;1-2/h5-7H,3-4H2,1-2H3;1-2H3. The van der Waals surface area contributed by atoms with E-state index in [0.717, 1.165) is 0 Å². The first kappa shape index (κ1) is 12.9. The lowest BCUT2D eigenvalue weighted by atomic mass is 10.8. The van der Waals surface area contributed by atoms with Gasteiger partial charge < -0.3 is 5.32 Å². The molecule has 0 spiro atoms. The Morgan fingerprint density at radius 3 is 1.80 bits per heavy atom. The summed E-state index contributed by atoms with van der Waals surface area (Å²) < 4.78 is 17.5. The second-order valence-electron chi connectivity index (χ2n) is 1.80. The molecule has 0 fully saturated rings. The average Bonchev–Trinajstić information content (AvgIpc) is 1.87. The number of hydrogen-bond acceptors (Lipinski definition) is 3. The summed E-state index contributed by atoms with van der Waals surface area (Å²) in [6.07, 6.45) is 1.45. The largest absolute Gasteiger partial charge is 0.318 e. The van der Waals surface area contributed by atoms with Gasteiger partial charge in [0.05, 0.1) is 0 Å². The smallest absolute Gasteiger partial charge is 0.0496 e. The van der Waals surface area contributed by atoms with Crippen LogP contribution in [0.4, 0.5) is 0 Å². The molecule has 0 unspecified atom stereocenters. The Morgan fingerprint density at radius 1 is 1.30 bits per heavy atom. The van der Waals surface area contributed by atoms with Crippen molar-refractivity contribution in [3.05, 3.63) is 0 Å². The minimum atomic E-state index is -2.25. The maximum Gasteiger partial charge on any atom is 0.0496 e. The highest BCUT2D eigenvalue weighted by molar-refractivity contribution is 8.23. The topological polar surface area (TPSA) is 52.5 Å². The van der Waals surface area contributed by atoms with Crippen molar-refractivity contribution in [2.75, 3.05) is 25.6 Å². The van der Waals surface area contributed by atoms with Gasteiger partial charge in [0.2, 0.25) is 0 Å². The normalized spacial score (nSPS) is 11.8. The summed E-state index contributed by atoms with van der Waals surface area (Å²) in [5.74, 6) is 0.448. The molecule has 0 bridgehead atoms. The van der Waals surface area contributed by atoms with Crippen molar-refractivity contribution in [3.63, 3.8) is 0 Å². The molecule has 66 valence electrons. The quantitative estimate of drug-likeness (QED) is 0.601. The first-order valence-electron chi connectivity index (χ1n) is 3.42. The summed E-state index contributed by atoms with van der Waals surface area (Å²) in [6, 6.07) is 0. The maximum absolute atomic E-state index is 8.75. The molecule has 0 aromatic rings. The molecule has 4 heteroatoms. The van der Waals surface area contributed by atoms with Crippen LogP contribution in [0.1, 0.15) is 13.8 Å². The number of nitrogens with one attached hydrogen (secondary N) is 1. The molecule has 0 heterocycles. The van der Waals surface area contributed by atoms with E-state index in [4.69, 9.17) is 9.11 Å². The van der Waals surface area contributed by atoms with Gasteiger partial charge in [-0.05, 0) is 7.05 Å². The predicted molar refractivity (Wildman–Crippen MR) is 48.9 cm³/mol. The minimum absolute atomic E-state index is 0.448. The van der Waals surface area contributed by atoms with Crippen LogP contribution in [-0.4, -0.2) is 34.7 Å². The lowest BCUT2D eigenvalue weighted by Gasteiger charge is -2.25. The molecule has 0 aliphatic carbocycles. The number of rotatable bonds is 3. The molecule has 3 N–H and O–H groups in total. The van der Waals surface area contributed by atoms with E-state index in [1.807, 2.05) is 13.8 Å². The molecule has 0 aromatic carbocycles. The second kappa shape index (κ2) is 7.34. The van der Waals surface area contributed by atoms with Crippen molar-refractivity contribution < 1.29 is 9.11 Å². The van der Waals surface area contributed by atoms with E-state index in [1.54, 1.807) is 7.05 Å². The molecule has 0 atom stereocenters. The van der Waals surface area contributed by atoms with Crippen molar-refractivity contribution >= 4 is 10.6 Å². The summed E-state index contributed by atoms with van der Waals surface area (Å²) in [7, 11) is -0.466. The summed E-state index contributed by atoms with van der Waals surface area (Å²) in [5, 5.41) is 2.83. The molecule has 0 rings (SSSR count). The molecular weight excluding hydrogens is 150 g/mol. The van der Waals surface area contributed by atoms with Gasteiger partial charge in [-0.3, -0.25) is 9.11 Å². The molecule has 0 saturated heterocycles. The first-order chi connectivity index (χ1) is 4.56. The van der Waals surface area contributed by atoms with Crippen LogP contribution in [0.25, 0.3) is 0 Å². The van der Waals surface area contributed by atoms with Crippen LogP contribution in [-0.2, 0) is 0 Å². The third kappa shape index (κ3) is 15.7. The Hall–Kier alpha value is 0.230. The van der Waals surface area contributed by atoms with E-state index in [1.165, 1.54) is 6.26 Å². The summed E-state index contributed by atoms with van der Waals surface area (Å²) >= 11 is 0. The van der Waals surface area contributed by atoms with Gasteiger partial charge in [-0.15, -0.1) is 0 Å². The van der Waals surface area contributed by atoms with Gasteiger partial charge in [-0.25, -0.2) is 0 Å². The average molecular weight is 169 g/mol. The molecular formula is C6H19NO2S.